The second-order valence-corrected chi connectivity index (χ2v) is 19.0. The number of allylic oxidation sites excluding steroid dienone is 1. The van der Waals surface area contributed by atoms with Gasteiger partial charge in [-0.25, -0.2) is 9.18 Å². The summed E-state index contributed by atoms with van der Waals surface area (Å²) in [6.07, 6.45) is 8.29. The number of nitrogens with zero attached hydrogens (tertiary/aromatic N) is 2. The van der Waals surface area contributed by atoms with Gasteiger partial charge < -0.3 is 43.5 Å². The number of methoxy groups -OCH3 is 1. The van der Waals surface area contributed by atoms with Gasteiger partial charge in [0.2, 0.25) is 5.79 Å². The molecule has 0 spiro atoms. The van der Waals surface area contributed by atoms with Gasteiger partial charge in [-0.15, -0.1) is 6.58 Å². The van der Waals surface area contributed by atoms with Gasteiger partial charge in [0.15, 0.2) is 6.29 Å². The summed E-state index contributed by atoms with van der Waals surface area (Å²) in [5, 5.41) is 25.0. The van der Waals surface area contributed by atoms with Crippen molar-refractivity contribution in [2.24, 2.45) is 22.9 Å². The Kier molecular flexibility index (Phi) is 17.9. The quantitative estimate of drug-likeness (QED) is 0.0298. The topological polar surface area (TPSA) is 155 Å². The Morgan fingerprint density at radius 3 is 2.36 bits per heavy atom. The molecule has 1 amide bonds. The van der Waals surface area contributed by atoms with Crippen LogP contribution in [0.4, 0.5) is 9.18 Å². The SMILES string of the molecule is C=CCOC12Oc3ccc(Oc4ccc(OC)c(C=O)c4)cc3C3C(CCCCO)C(CCCCO)C=C(C(=NOC(C)(C)C)CC1N(Cc1ccc(F)cc1)C(=O)OCCOCc1ccccc1)C32. The molecule has 0 saturated heterocycles. The Labute approximate surface area is 410 Å². The predicted octanol–water partition coefficient (Wildman–Crippen LogP) is 10.7. The zero-order chi connectivity index (χ0) is 49.7. The number of aliphatic hydroxyl groups excluding tert-OH is 2. The molecule has 374 valence electrons. The fourth-order valence-corrected chi connectivity index (χ4v) is 10.0. The second-order valence-electron chi connectivity index (χ2n) is 19.0. The molecule has 4 aromatic carbocycles. The number of oxime groups is 1. The van der Waals surface area contributed by atoms with Gasteiger partial charge in [-0.3, -0.25) is 9.69 Å². The normalized spacial score (nSPS) is 21.9. The molecule has 2 N–H and O–H groups in total. The molecule has 2 aliphatic carbocycles. The summed E-state index contributed by atoms with van der Waals surface area (Å²) in [4.78, 5) is 34.9. The minimum Gasteiger partial charge on any atom is -0.496 e. The van der Waals surface area contributed by atoms with Crippen molar-refractivity contribution in [1.29, 1.82) is 0 Å². The average molecular weight is 963 g/mol. The van der Waals surface area contributed by atoms with E-state index in [1.165, 1.54) is 19.2 Å². The molecule has 0 bridgehead atoms. The first-order valence-electron chi connectivity index (χ1n) is 24.3. The van der Waals surface area contributed by atoms with E-state index in [0.717, 1.165) is 48.7 Å². The molecule has 7 rings (SSSR count). The van der Waals surface area contributed by atoms with Crippen LogP contribution in [-0.4, -0.2) is 90.8 Å². The molecule has 0 radical (unpaired) electrons. The summed E-state index contributed by atoms with van der Waals surface area (Å²) in [7, 11) is 1.50. The number of carbonyl (C=O) groups is 2. The Morgan fingerprint density at radius 2 is 1.66 bits per heavy atom. The van der Waals surface area contributed by atoms with E-state index in [9.17, 15) is 24.2 Å². The van der Waals surface area contributed by atoms with E-state index in [4.69, 9.17) is 38.4 Å². The van der Waals surface area contributed by atoms with Gasteiger partial charge in [0.05, 0.1) is 44.1 Å². The minimum absolute atomic E-state index is 0.00492. The van der Waals surface area contributed by atoms with Gasteiger partial charge in [-0.2, -0.15) is 0 Å². The molecule has 1 aliphatic heterocycles. The second kappa shape index (κ2) is 24.2. The van der Waals surface area contributed by atoms with Crippen molar-refractivity contribution in [1.82, 2.24) is 4.90 Å². The molecular formula is C56H67FN2O11. The maximum Gasteiger partial charge on any atom is 0.410 e. The number of unbranched alkanes of at least 4 members (excludes halogenated alkanes) is 2. The zero-order valence-electron chi connectivity index (χ0n) is 40.7. The molecule has 6 atom stereocenters. The number of benzene rings is 4. The van der Waals surface area contributed by atoms with Crippen LogP contribution < -0.4 is 14.2 Å². The number of amides is 1. The van der Waals surface area contributed by atoms with Crippen LogP contribution in [0.1, 0.15) is 98.7 Å². The van der Waals surface area contributed by atoms with E-state index in [1.54, 1.807) is 47.4 Å². The fraction of sp³-hybridized carbons (Fsp3) is 0.446. The van der Waals surface area contributed by atoms with Crippen LogP contribution in [0, 0.1) is 23.6 Å². The number of fused-ring (bicyclic) bond motifs is 2. The number of carbonyl (C=O) groups excluding carboxylic acids is 2. The summed E-state index contributed by atoms with van der Waals surface area (Å²) in [6.45, 7) is 10.3. The smallest absolute Gasteiger partial charge is 0.410 e. The molecule has 1 fully saturated rings. The van der Waals surface area contributed by atoms with Crippen molar-refractivity contribution in [3.05, 3.63) is 143 Å². The highest BCUT2D eigenvalue weighted by molar-refractivity contribution is 6.03. The summed E-state index contributed by atoms with van der Waals surface area (Å²) >= 11 is 0. The zero-order valence-corrected chi connectivity index (χ0v) is 40.7. The van der Waals surface area contributed by atoms with Gasteiger partial charge in [0.25, 0.3) is 0 Å². The molecule has 0 aromatic heterocycles. The third-order valence-corrected chi connectivity index (χ3v) is 13.1. The third kappa shape index (κ3) is 12.4. The molecule has 70 heavy (non-hydrogen) atoms. The molecule has 6 unspecified atom stereocenters. The summed E-state index contributed by atoms with van der Waals surface area (Å²) in [6, 6.07) is 25.5. The van der Waals surface area contributed by atoms with Crippen molar-refractivity contribution >= 4 is 18.1 Å². The molecule has 1 saturated carbocycles. The Bertz CT molecular complexity index is 2440. The van der Waals surface area contributed by atoms with Crippen LogP contribution in [0.3, 0.4) is 0 Å². The van der Waals surface area contributed by atoms with E-state index >= 15 is 0 Å². The van der Waals surface area contributed by atoms with Crippen LogP contribution in [-0.2, 0) is 32.2 Å². The maximum atomic E-state index is 15.0. The van der Waals surface area contributed by atoms with Crippen molar-refractivity contribution in [3.8, 4) is 23.0 Å². The number of ether oxygens (including phenoxy) is 6. The largest absolute Gasteiger partial charge is 0.496 e. The lowest BCUT2D eigenvalue weighted by molar-refractivity contribution is -0.256. The first-order chi connectivity index (χ1) is 33.9. The molecule has 13 nitrogen and oxygen atoms in total. The highest BCUT2D eigenvalue weighted by atomic mass is 19.1. The van der Waals surface area contributed by atoms with Crippen molar-refractivity contribution in [2.75, 3.05) is 40.1 Å². The third-order valence-electron chi connectivity index (χ3n) is 13.1. The average Bonchev–Trinajstić information content (AvgIpc) is 3.36. The van der Waals surface area contributed by atoms with Gasteiger partial charge in [-0.1, -0.05) is 72.6 Å². The number of halogens is 1. The van der Waals surface area contributed by atoms with Crippen molar-refractivity contribution in [3.63, 3.8) is 0 Å². The lowest BCUT2D eigenvalue weighted by Gasteiger charge is -2.60. The molecular weight excluding hydrogens is 896 g/mol. The number of hydrogen-bond donors (Lipinski definition) is 2. The van der Waals surface area contributed by atoms with Gasteiger partial charge >= 0.3 is 6.09 Å². The number of aliphatic hydroxyl groups is 2. The molecule has 4 aromatic rings. The Hall–Kier alpha value is -6.06. The summed E-state index contributed by atoms with van der Waals surface area (Å²) < 4.78 is 52.9. The highest BCUT2D eigenvalue weighted by Gasteiger charge is 2.66. The van der Waals surface area contributed by atoms with E-state index in [0.29, 0.717) is 59.3 Å². The predicted molar refractivity (Wildman–Crippen MR) is 264 cm³/mol. The number of hydrogen-bond acceptors (Lipinski definition) is 12. The standard InChI is InChI=1S/C56H67FN2O11/c1-6-28-67-56-51(59(35-38-18-20-42(57)21-19-38)54(63)66-30-29-65-37-39-14-8-7-9-15-39)34-48(58-70-55(2,3)4)46-32-40(16-10-12-26-60)45(17-11-13-27-61)52(53(46)56)47-33-44(23-25-50(47)69-56)68-43-22-24-49(64-5)41(31-43)36-62/h6-9,14-15,18-25,31-33,36,40,45,51-53,60-61H,1,10-13,16-17,26-30,34-35,37H2,2-5H3. The first-order valence-corrected chi connectivity index (χ1v) is 24.3. The van der Waals surface area contributed by atoms with E-state index in [1.807, 2.05) is 63.2 Å². The summed E-state index contributed by atoms with van der Waals surface area (Å²) in [5.74, 6) is -1.19. The van der Waals surface area contributed by atoms with Gasteiger partial charge in [0, 0.05) is 37.7 Å². The lowest BCUT2D eigenvalue weighted by Crippen LogP contribution is -2.70. The van der Waals surface area contributed by atoms with Crippen LogP contribution in [0.25, 0.3) is 0 Å². The van der Waals surface area contributed by atoms with E-state index in [2.05, 4.69) is 12.7 Å². The number of rotatable bonds is 24. The fourth-order valence-electron chi connectivity index (χ4n) is 10.0. The molecule has 1 heterocycles. The van der Waals surface area contributed by atoms with Crippen LogP contribution in [0.2, 0.25) is 0 Å². The van der Waals surface area contributed by atoms with Crippen molar-refractivity contribution < 1.29 is 57.5 Å². The first kappa shape index (κ1) is 51.8. The van der Waals surface area contributed by atoms with E-state index < -0.39 is 35.3 Å². The molecule has 14 heteroatoms. The maximum absolute atomic E-state index is 15.0. The van der Waals surface area contributed by atoms with Gasteiger partial charge in [-0.05, 0) is 124 Å². The Morgan fingerprint density at radius 1 is 0.929 bits per heavy atom. The minimum atomic E-state index is -1.59. The molecule has 3 aliphatic rings. The van der Waals surface area contributed by atoms with Crippen molar-refractivity contribution in [2.45, 2.75) is 102 Å². The monoisotopic (exact) mass is 962 g/mol. The van der Waals surface area contributed by atoms with E-state index in [-0.39, 0.29) is 63.8 Å². The summed E-state index contributed by atoms with van der Waals surface area (Å²) in [5.41, 5.74) is 3.59. The lowest BCUT2D eigenvalue weighted by atomic mass is 9.55. The van der Waals surface area contributed by atoms with Crippen LogP contribution in [0.5, 0.6) is 23.0 Å². The van der Waals surface area contributed by atoms with Gasteiger partial charge in [0.1, 0.15) is 47.1 Å². The highest BCUT2D eigenvalue weighted by Crippen LogP contribution is 2.62. The van der Waals surface area contributed by atoms with Crippen LogP contribution >= 0.6 is 0 Å². The van der Waals surface area contributed by atoms with Crippen LogP contribution in [0.15, 0.2) is 120 Å². The Balaban J connectivity index is 1.40. The number of aldehydes is 1.